The number of amides is 1. The van der Waals surface area contributed by atoms with Crippen molar-refractivity contribution in [3.8, 4) is 11.5 Å². The molecular weight excluding hydrogens is 370 g/mol. The number of carbonyl (C=O) groups is 1. The van der Waals surface area contributed by atoms with Crippen molar-refractivity contribution in [2.24, 2.45) is 0 Å². The van der Waals surface area contributed by atoms with Gasteiger partial charge in [0.05, 0.1) is 18.8 Å². The molecule has 154 valence electrons. The molecule has 1 N–H and O–H groups in total. The molecule has 1 saturated heterocycles. The molecule has 2 aliphatic rings. The van der Waals surface area contributed by atoms with Gasteiger partial charge in [0.15, 0.2) is 0 Å². The lowest BCUT2D eigenvalue weighted by Crippen LogP contribution is -2.49. The number of rotatable bonds is 6. The highest BCUT2D eigenvalue weighted by Gasteiger charge is 2.24. The van der Waals surface area contributed by atoms with Crippen LogP contribution in [0.25, 0.3) is 0 Å². The molecule has 3 heterocycles. The summed E-state index contributed by atoms with van der Waals surface area (Å²) in [7, 11) is 0. The molecule has 0 spiro atoms. The van der Waals surface area contributed by atoms with Crippen molar-refractivity contribution >= 4 is 17.5 Å². The van der Waals surface area contributed by atoms with Gasteiger partial charge in [-0.3, -0.25) is 9.69 Å². The molecule has 1 aromatic heterocycles. The molecule has 0 unspecified atom stereocenters. The third-order valence-electron chi connectivity index (χ3n) is 5.15. The van der Waals surface area contributed by atoms with E-state index >= 15 is 0 Å². The van der Waals surface area contributed by atoms with Crippen LogP contribution >= 0.6 is 0 Å². The van der Waals surface area contributed by atoms with E-state index in [2.05, 4.69) is 25.1 Å². The largest absolute Gasteiger partial charge is 0.492 e. The topological polar surface area (TPSA) is 79.8 Å². The fourth-order valence-corrected chi connectivity index (χ4v) is 3.77. The number of hydrogen-bond donors (Lipinski definition) is 1. The van der Waals surface area contributed by atoms with E-state index in [1.807, 2.05) is 32.0 Å². The van der Waals surface area contributed by atoms with Gasteiger partial charge in [0.1, 0.15) is 17.6 Å². The molecule has 8 heteroatoms. The van der Waals surface area contributed by atoms with E-state index in [-0.39, 0.29) is 12.0 Å². The summed E-state index contributed by atoms with van der Waals surface area (Å²) in [6.45, 7) is 8.03. The molecule has 4 rings (SSSR count). The first-order chi connectivity index (χ1) is 14.1. The van der Waals surface area contributed by atoms with Gasteiger partial charge in [-0.25, -0.2) is 9.97 Å². The average Bonchev–Trinajstić information content (AvgIpc) is 3.08. The molecule has 1 amide bonds. The second-order valence-corrected chi connectivity index (χ2v) is 7.38. The number of anilines is 2. The number of ether oxygens (including phenoxy) is 2. The highest BCUT2D eigenvalue weighted by molar-refractivity contribution is 5.94. The van der Waals surface area contributed by atoms with Gasteiger partial charge >= 0.3 is 0 Å². The number of carbonyl (C=O) groups excluding carboxylic acids is 1. The number of benzene rings is 1. The van der Waals surface area contributed by atoms with Gasteiger partial charge in [-0.2, -0.15) is 0 Å². The quantitative estimate of drug-likeness (QED) is 0.798. The molecule has 29 heavy (non-hydrogen) atoms. The van der Waals surface area contributed by atoms with Crippen molar-refractivity contribution in [2.75, 3.05) is 49.5 Å². The Morgan fingerprint density at radius 3 is 2.72 bits per heavy atom. The highest BCUT2D eigenvalue weighted by atomic mass is 16.5. The second-order valence-electron chi connectivity index (χ2n) is 7.38. The Labute approximate surface area is 170 Å². The van der Waals surface area contributed by atoms with Gasteiger partial charge < -0.3 is 19.7 Å². The van der Waals surface area contributed by atoms with Crippen molar-refractivity contribution in [2.45, 2.75) is 26.4 Å². The normalized spacial score (nSPS) is 18.8. The SMILES string of the molecule is CCOc1cc2c(cc1NC(=O)CN1CCN(c3ncccn3)CC1)O[C@@H](C)C2. The molecular formula is C21H27N5O3. The number of hydrogen-bond acceptors (Lipinski definition) is 7. The Balaban J connectivity index is 1.35. The van der Waals surface area contributed by atoms with Crippen molar-refractivity contribution < 1.29 is 14.3 Å². The number of aromatic nitrogens is 2. The van der Waals surface area contributed by atoms with Crippen LogP contribution in [0.1, 0.15) is 19.4 Å². The highest BCUT2D eigenvalue weighted by Crippen LogP contribution is 2.38. The van der Waals surface area contributed by atoms with E-state index in [1.54, 1.807) is 12.4 Å². The van der Waals surface area contributed by atoms with Gasteiger partial charge in [0.25, 0.3) is 0 Å². The van der Waals surface area contributed by atoms with Crippen molar-refractivity contribution in [1.29, 1.82) is 0 Å². The van der Waals surface area contributed by atoms with E-state index in [9.17, 15) is 4.79 Å². The van der Waals surface area contributed by atoms with Gasteiger partial charge in [-0.05, 0) is 26.0 Å². The number of nitrogens with one attached hydrogen (secondary N) is 1. The summed E-state index contributed by atoms with van der Waals surface area (Å²) in [5, 5.41) is 3.01. The summed E-state index contributed by atoms with van der Waals surface area (Å²) in [5.74, 6) is 2.21. The van der Waals surface area contributed by atoms with Gasteiger partial charge in [-0.15, -0.1) is 0 Å². The molecule has 2 aliphatic heterocycles. The van der Waals surface area contributed by atoms with E-state index in [0.29, 0.717) is 24.6 Å². The van der Waals surface area contributed by atoms with Crippen LogP contribution in [0.3, 0.4) is 0 Å². The van der Waals surface area contributed by atoms with E-state index < -0.39 is 0 Å². The van der Waals surface area contributed by atoms with Gasteiger partial charge in [-0.1, -0.05) is 0 Å². The third-order valence-corrected chi connectivity index (χ3v) is 5.15. The van der Waals surface area contributed by atoms with Crippen LogP contribution in [0, 0.1) is 0 Å². The maximum Gasteiger partial charge on any atom is 0.238 e. The Morgan fingerprint density at radius 2 is 2.00 bits per heavy atom. The lowest BCUT2D eigenvalue weighted by atomic mass is 10.1. The van der Waals surface area contributed by atoms with Gasteiger partial charge in [0, 0.05) is 56.6 Å². The van der Waals surface area contributed by atoms with Crippen LogP contribution in [0.2, 0.25) is 0 Å². The standard InChI is InChI=1S/C21H27N5O3/c1-3-28-19-12-16-11-15(2)29-18(16)13-17(19)24-20(27)14-25-7-9-26(10-8-25)21-22-5-4-6-23-21/h4-6,12-13,15H,3,7-11,14H2,1-2H3,(H,24,27)/t15-/m0/s1. The molecule has 8 nitrogen and oxygen atoms in total. The zero-order valence-corrected chi connectivity index (χ0v) is 16.9. The third kappa shape index (κ3) is 4.59. The zero-order valence-electron chi connectivity index (χ0n) is 16.9. The van der Waals surface area contributed by atoms with Crippen molar-refractivity contribution in [3.05, 3.63) is 36.2 Å². The Bertz CT molecular complexity index is 853. The molecule has 0 radical (unpaired) electrons. The molecule has 2 aromatic rings. The molecule has 0 saturated carbocycles. The van der Waals surface area contributed by atoms with E-state index in [4.69, 9.17) is 9.47 Å². The van der Waals surface area contributed by atoms with Gasteiger partial charge in [0.2, 0.25) is 11.9 Å². The summed E-state index contributed by atoms with van der Waals surface area (Å²) in [5.41, 5.74) is 1.79. The first-order valence-corrected chi connectivity index (χ1v) is 10.1. The van der Waals surface area contributed by atoms with E-state index in [1.165, 1.54) is 0 Å². The minimum Gasteiger partial charge on any atom is -0.492 e. The molecule has 0 aliphatic carbocycles. The fraction of sp³-hybridized carbons (Fsp3) is 0.476. The van der Waals surface area contributed by atoms with Crippen LogP contribution in [-0.2, 0) is 11.2 Å². The van der Waals surface area contributed by atoms with Crippen molar-refractivity contribution in [1.82, 2.24) is 14.9 Å². The maximum absolute atomic E-state index is 12.7. The van der Waals surface area contributed by atoms with Crippen LogP contribution in [0.5, 0.6) is 11.5 Å². The zero-order chi connectivity index (χ0) is 20.2. The number of nitrogens with zero attached hydrogens (tertiary/aromatic N) is 4. The Hall–Kier alpha value is -2.87. The summed E-state index contributed by atoms with van der Waals surface area (Å²) in [6.07, 6.45) is 4.51. The Kier molecular flexibility index (Phi) is 5.80. The van der Waals surface area contributed by atoms with Crippen molar-refractivity contribution in [3.63, 3.8) is 0 Å². The minimum atomic E-state index is -0.0543. The monoisotopic (exact) mass is 397 g/mol. The second kappa shape index (κ2) is 8.65. The smallest absolute Gasteiger partial charge is 0.238 e. The maximum atomic E-state index is 12.7. The lowest BCUT2D eigenvalue weighted by Gasteiger charge is -2.34. The predicted octanol–water partition coefficient (Wildman–Crippen LogP) is 1.96. The molecule has 0 bridgehead atoms. The first-order valence-electron chi connectivity index (χ1n) is 10.1. The lowest BCUT2D eigenvalue weighted by molar-refractivity contribution is -0.117. The summed E-state index contributed by atoms with van der Waals surface area (Å²) in [4.78, 5) is 25.5. The van der Waals surface area contributed by atoms with Crippen LogP contribution in [0.15, 0.2) is 30.6 Å². The Morgan fingerprint density at radius 1 is 1.24 bits per heavy atom. The number of piperazine rings is 1. The molecule has 1 atom stereocenters. The van der Waals surface area contributed by atoms with Crippen LogP contribution < -0.4 is 19.7 Å². The molecule has 1 aromatic carbocycles. The summed E-state index contributed by atoms with van der Waals surface area (Å²) in [6, 6.07) is 5.67. The first kappa shape index (κ1) is 19.4. The fourth-order valence-electron chi connectivity index (χ4n) is 3.77. The summed E-state index contributed by atoms with van der Waals surface area (Å²) < 4.78 is 11.6. The predicted molar refractivity (Wildman–Crippen MR) is 111 cm³/mol. The van der Waals surface area contributed by atoms with E-state index in [0.717, 1.165) is 49.9 Å². The van der Waals surface area contributed by atoms with Crippen LogP contribution in [0.4, 0.5) is 11.6 Å². The summed E-state index contributed by atoms with van der Waals surface area (Å²) >= 11 is 0. The average molecular weight is 397 g/mol. The minimum absolute atomic E-state index is 0.0543. The van der Waals surface area contributed by atoms with Crippen LogP contribution in [-0.4, -0.2) is 66.2 Å². The number of fused-ring (bicyclic) bond motifs is 1. The molecule has 1 fully saturated rings.